The molecule has 0 radical (unpaired) electrons. The Bertz CT molecular complexity index is 407. The first-order valence-corrected chi connectivity index (χ1v) is 5.89. The minimum Gasteiger partial charge on any atom is -0.394 e. The lowest BCUT2D eigenvalue weighted by Gasteiger charge is -2.24. The number of H-pyrrole nitrogens is 1. The van der Waals surface area contributed by atoms with Crippen LogP contribution in [-0.2, 0) is 22.5 Å². The first-order chi connectivity index (χ1) is 8.74. The average Bonchev–Trinajstić information content (AvgIpc) is 2.85. The molecule has 2 rings (SSSR count). The van der Waals surface area contributed by atoms with Crippen molar-refractivity contribution in [3.05, 3.63) is 17.7 Å². The van der Waals surface area contributed by atoms with Gasteiger partial charge >= 0.3 is 0 Å². The molecule has 18 heavy (non-hydrogen) atoms. The minimum atomic E-state index is -0.370. The molecule has 7 nitrogen and oxygen atoms in total. The summed E-state index contributed by atoms with van der Waals surface area (Å²) in [6, 6.07) is -0.684. The number of aromatic amines is 1. The van der Waals surface area contributed by atoms with Crippen LogP contribution in [0.2, 0.25) is 0 Å². The van der Waals surface area contributed by atoms with Gasteiger partial charge < -0.3 is 20.1 Å². The van der Waals surface area contributed by atoms with Crippen molar-refractivity contribution in [2.45, 2.75) is 25.0 Å². The van der Waals surface area contributed by atoms with E-state index in [1.54, 1.807) is 6.33 Å². The van der Waals surface area contributed by atoms with Crippen molar-refractivity contribution in [1.82, 2.24) is 20.6 Å². The zero-order valence-electron chi connectivity index (χ0n) is 10.3. The van der Waals surface area contributed by atoms with E-state index in [1.807, 2.05) is 0 Å². The van der Waals surface area contributed by atoms with E-state index in [4.69, 9.17) is 9.84 Å². The highest BCUT2D eigenvalue weighted by molar-refractivity contribution is 5.82. The van der Waals surface area contributed by atoms with Crippen LogP contribution >= 0.6 is 0 Å². The number of hydrogen-bond donors (Lipinski definition) is 4. The van der Waals surface area contributed by atoms with E-state index in [1.165, 1.54) is 7.11 Å². The number of aliphatic hydroxyl groups excluding tert-OH is 1. The summed E-state index contributed by atoms with van der Waals surface area (Å²) in [5.41, 5.74) is 1.94. The third-order valence-corrected chi connectivity index (χ3v) is 2.98. The zero-order chi connectivity index (χ0) is 13.0. The van der Waals surface area contributed by atoms with Crippen molar-refractivity contribution < 1.29 is 14.6 Å². The average molecular weight is 254 g/mol. The molecule has 0 saturated heterocycles. The Labute approximate surface area is 105 Å². The SMILES string of the molecule is COCC(CO)NC(=O)C1Cc2nc[nH]c2CN1. The Morgan fingerprint density at radius 1 is 1.78 bits per heavy atom. The van der Waals surface area contributed by atoms with Crippen molar-refractivity contribution in [2.75, 3.05) is 20.3 Å². The zero-order valence-corrected chi connectivity index (χ0v) is 10.3. The van der Waals surface area contributed by atoms with E-state index in [0.29, 0.717) is 19.6 Å². The maximum Gasteiger partial charge on any atom is 0.237 e. The maximum absolute atomic E-state index is 12.0. The summed E-state index contributed by atoms with van der Waals surface area (Å²) >= 11 is 0. The Morgan fingerprint density at radius 3 is 3.33 bits per heavy atom. The van der Waals surface area contributed by atoms with E-state index in [-0.39, 0.29) is 24.6 Å². The largest absolute Gasteiger partial charge is 0.394 e. The lowest BCUT2D eigenvalue weighted by Crippen LogP contribution is -2.52. The van der Waals surface area contributed by atoms with Crippen LogP contribution in [0.25, 0.3) is 0 Å². The molecule has 1 aromatic rings. The number of carbonyl (C=O) groups excluding carboxylic acids is 1. The molecule has 1 aliphatic rings. The topological polar surface area (TPSA) is 99.3 Å². The predicted octanol–water partition coefficient (Wildman–Crippen LogP) is -1.45. The minimum absolute atomic E-state index is 0.139. The molecule has 0 aromatic carbocycles. The van der Waals surface area contributed by atoms with Gasteiger partial charge in [0, 0.05) is 20.1 Å². The molecule has 0 aliphatic carbocycles. The number of rotatable bonds is 5. The first kappa shape index (κ1) is 13.0. The summed E-state index contributed by atoms with van der Waals surface area (Å²) < 4.78 is 4.91. The Kier molecular flexibility index (Phi) is 4.29. The van der Waals surface area contributed by atoms with Gasteiger partial charge in [-0.25, -0.2) is 4.98 Å². The Balaban J connectivity index is 1.91. The summed E-state index contributed by atoms with van der Waals surface area (Å²) in [4.78, 5) is 19.2. The second-order valence-corrected chi connectivity index (χ2v) is 4.31. The third-order valence-electron chi connectivity index (χ3n) is 2.98. The smallest absolute Gasteiger partial charge is 0.237 e. The molecule has 0 saturated carbocycles. The van der Waals surface area contributed by atoms with Crippen molar-refractivity contribution >= 4 is 5.91 Å². The molecule has 2 heterocycles. The number of ether oxygens (including phenoxy) is 1. The van der Waals surface area contributed by atoms with E-state index in [9.17, 15) is 4.79 Å². The van der Waals surface area contributed by atoms with Crippen LogP contribution in [0.4, 0.5) is 0 Å². The number of aromatic nitrogens is 2. The molecule has 2 atom stereocenters. The number of amides is 1. The number of methoxy groups -OCH3 is 1. The van der Waals surface area contributed by atoms with Crippen LogP contribution in [0.5, 0.6) is 0 Å². The van der Waals surface area contributed by atoms with Crippen LogP contribution in [-0.4, -0.2) is 53.4 Å². The molecule has 100 valence electrons. The lowest BCUT2D eigenvalue weighted by molar-refractivity contribution is -0.124. The van der Waals surface area contributed by atoms with E-state index in [2.05, 4.69) is 20.6 Å². The number of aliphatic hydroxyl groups is 1. The summed E-state index contributed by atoms with van der Waals surface area (Å²) in [7, 11) is 1.53. The molecule has 7 heteroatoms. The fourth-order valence-corrected chi connectivity index (χ4v) is 2.00. The molecular weight excluding hydrogens is 236 g/mol. The van der Waals surface area contributed by atoms with Gasteiger partial charge in [0.2, 0.25) is 5.91 Å². The van der Waals surface area contributed by atoms with Crippen molar-refractivity contribution in [3.8, 4) is 0 Å². The first-order valence-electron chi connectivity index (χ1n) is 5.89. The van der Waals surface area contributed by atoms with Crippen molar-refractivity contribution in [1.29, 1.82) is 0 Å². The number of hydrogen-bond acceptors (Lipinski definition) is 5. The molecule has 0 bridgehead atoms. The second kappa shape index (κ2) is 5.94. The van der Waals surface area contributed by atoms with E-state index >= 15 is 0 Å². The second-order valence-electron chi connectivity index (χ2n) is 4.31. The predicted molar refractivity (Wildman–Crippen MR) is 63.8 cm³/mol. The highest BCUT2D eigenvalue weighted by atomic mass is 16.5. The van der Waals surface area contributed by atoms with Crippen molar-refractivity contribution in [2.24, 2.45) is 0 Å². The van der Waals surface area contributed by atoms with E-state index in [0.717, 1.165) is 11.4 Å². The highest BCUT2D eigenvalue weighted by Crippen LogP contribution is 2.12. The van der Waals surface area contributed by atoms with Gasteiger partial charge in [0.05, 0.1) is 43.0 Å². The number of carbonyl (C=O) groups is 1. The van der Waals surface area contributed by atoms with Crippen LogP contribution < -0.4 is 10.6 Å². The van der Waals surface area contributed by atoms with Crippen LogP contribution in [0.15, 0.2) is 6.33 Å². The molecule has 0 fully saturated rings. The van der Waals surface area contributed by atoms with Gasteiger partial charge in [0.15, 0.2) is 0 Å². The summed E-state index contributed by atoms with van der Waals surface area (Å²) in [5, 5.41) is 15.0. The molecule has 0 spiro atoms. The normalized spacial score (nSPS) is 20.2. The van der Waals surface area contributed by atoms with Gasteiger partial charge in [-0.1, -0.05) is 0 Å². The van der Waals surface area contributed by atoms with Crippen LogP contribution in [0, 0.1) is 0 Å². The maximum atomic E-state index is 12.0. The fraction of sp³-hybridized carbons (Fsp3) is 0.636. The van der Waals surface area contributed by atoms with Gasteiger partial charge in [0.25, 0.3) is 0 Å². The highest BCUT2D eigenvalue weighted by Gasteiger charge is 2.26. The van der Waals surface area contributed by atoms with Crippen molar-refractivity contribution in [3.63, 3.8) is 0 Å². The molecule has 4 N–H and O–H groups in total. The molecular formula is C11H18N4O3. The fourth-order valence-electron chi connectivity index (χ4n) is 2.00. The number of fused-ring (bicyclic) bond motifs is 1. The Hall–Kier alpha value is -1.44. The van der Waals surface area contributed by atoms with Crippen LogP contribution in [0.3, 0.4) is 0 Å². The molecule has 1 amide bonds. The number of nitrogens with one attached hydrogen (secondary N) is 3. The number of imidazole rings is 1. The van der Waals surface area contributed by atoms with Gasteiger partial charge in [0.1, 0.15) is 0 Å². The molecule has 2 unspecified atom stereocenters. The van der Waals surface area contributed by atoms with Crippen LogP contribution in [0.1, 0.15) is 11.4 Å². The van der Waals surface area contributed by atoms with Gasteiger partial charge in [-0.3, -0.25) is 10.1 Å². The standard InChI is InChI=1S/C11H18N4O3/c1-18-5-7(4-16)15-11(17)9-2-8-10(3-12-9)14-6-13-8/h6-7,9,12,16H,2-5H2,1H3,(H,13,14)(H,15,17). The quantitative estimate of drug-likeness (QED) is 0.515. The van der Waals surface area contributed by atoms with Gasteiger partial charge in [-0.05, 0) is 0 Å². The lowest BCUT2D eigenvalue weighted by atomic mass is 10.0. The molecule has 1 aromatic heterocycles. The Morgan fingerprint density at radius 2 is 2.61 bits per heavy atom. The summed E-state index contributed by atoms with van der Waals surface area (Å²) in [5.74, 6) is -0.139. The number of nitrogens with zero attached hydrogens (tertiary/aromatic N) is 1. The summed E-state index contributed by atoms with van der Waals surface area (Å²) in [6.07, 6.45) is 2.18. The summed E-state index contributed by atoms with van der Waals surface area (Å²) in [6.45, 7) is 0.754. The van der Waals surface area contributed by atoms with E-state index < -0.39 is 0 Å². The monoisotopic (exact) mass is 254 g/mol. The third kappa shape index (κ3) is 2.87. The van der Waals surface area contributed by atoms with Gasteiger partial charge in [-0.2, -0.15) is 0 Å². The molecule has 1 aliphatic heterocycles. The van der Waals surface area contributed by atoms with Gasteiger partial charge in [-0.15, -0.1) is 0 Å².